The van der Waals surface area contributed by atoms with E-state index in [1.54, 1.807) is 4.68 Å². The molecule has 0 fully saturated rings. The van der Waals surface area contributed by atoms with Gasteiger partial charge in [-0.1, -0.05) is 68.5 Å². The zero-order valence-electron chi connectivity index (χ0n) is 20.6. The number of fused-ring (bicyclic) bond motifs is 3. The molecule has 2 aliphatic rings. The molecule has 36 heavy (non-hydrogen) atoms. The Hall–Kier alpha value is -4.24. The number of benzene rings is 2. The van der Waals surface area contributed by atoms with E-state index in [1.165, 1.54) is 0 Å². The number of carbonyl (C=O) groups is 1. The van der Waals surface area contributed by atoms with Gasteiger partial charge in [-0.05, 0) is 36.0 Å². The third kappa shape index (κ3) is 3.27. The predicted octanol–water partition coefficient (Wildman–Crippen LogP) is 5.78. The number of Topliss-reactive ketones (excluding diaryl/α,β-unsaturated/α-hetero) is 1. The number of imidazole rings is 1. The molecule has 2 aliphatic carbocycles. The number of aromatic nitrogens is 4. The molecule has 2 heterocycles. The van der Waals surface area contributed by atoms with Crippen LogP contribution in [0.15, 0.2) is 78.8 Å². The molecule has 0 aliphatic heterocycles. The van der Waals surface area contributed by atoms with Crippen molar-refractivity contribution in [3.8, 4) is 28.2 Å². The van der Waals surface area contributed by atoms with E-state index in [0.717, 1.165) is 52.4 Å². The summed E-state index contributed by atoms with van der Waals surface area (Å²) in [6.07, 6.45) is 7.45. The fourth-order valence-corrected chi connectivity index (χ4v) is 6.15. The molecule has 0 spiro atoms. The highest BCUT2D eigenvalue weighted by Gasteiger charge is 2.50. The minimum atomic E-state index is -0.486. The Morgan fingerprint density at radius 3 is 2.56 bits per heavy atom. The second kappa shape index (κ2) is 8.17. The van der Waals surface area contributed by atoms with Crippen LogP contribution in [0.25, 0.3) is 33.0 Å². The highest BCUT2D eigenvalue weighted by atomic mass is 16.1. The number of carbonyl (C=O) groups excluding carboxylic acids is 1. The average molecular weight is 474 g/mol. The lowest BCUT2D eigenvalue weighted by atomic mass is 9.59. The zero-order valence-corrected chi connectivity index (χ0v) is 20.6. The number of ketones is 1. The van der Waals surface area contributed by atoms with E-state index in [1.807, 2.05) is 50.6 Å². The lowest BCUT2D eigenvalue weighted by molar-refractivity contribution is -0.121. The average Bonchev–Trinajstić information content (AvgIpc) is 3.51. The molecule has 0 bridgehead atoms. The minimum Gasteiger partial charge on any atom is -0.308 e. The lowest BCUT2D eigenvalue weighted by Crippen LogP contribution is -2.45. The molecule has 0 N–H and O–H groups in total. The van der Waals surface area contributed by atoms with Gasteiger partial charge in [-0.3, -0.25) is 9.25 Å². The molecule has 6 heteroatoms. The van der Waals surface area contributed by atoms with Gasteiger partial charge in [0.25, 0.3) is 0 Å². The number of hydrogen-bond acceptors (Lipinski definition) is 3. The zero-order chi connectivity index (χ0) is 25.0. The maximum Gasteiger partial charge on any atom is 0.226 e. The van der Waals surface area contributed by atoms with Crippen LogP contribution in [0, 0.1) is 18.4 Å². The van der Waals surface area contributed by atoms with Crippen molar-refractivity contribution in [3.63, 3.8) is 0 Å². The molecule has 0 unspecified atom stereocenters. The van der Waals surface area contributed by atoms with Gasteiger partial charge in [0.15, 0.2) is 5.78 Å². The summed E-state index contributed by atoms with van der Waals surface area (Å²) in [6, 6.07) is 18.8. The summed E-state index contributed by atoms with van der Waals surface area (Å²) in [6.45, 7) is 11.7. The van der Waals surface area contributed by atoms with Crippen LogP contribution in [0.4, 0.5) is 0 Å². The van der Waals surface area contributed by atoms with E-state index in [9.17, 15) is 4.79 Å². The van der Waals surface area contributed by atoms with Crippen molar-refractivity contribution in [2.75, 3.05) is 0 Å². The van der Waals surface area contributed by atoms with Gasteiger partial charge in [-0.25, -0.2) is 9.83 Å². The smallest absolute Gasteiger partial charge is 0.226 e. The topological polar surface area (TPSA) is 57.1 Å². The summed E-state index contributed by atoms with van der Waals surface area (Å²) in [5.74, 6) is 0.725. The van der Waals surface area contributed by atoms with Crippen molar-refractivity contribution in [2.24, 2.45) is 18.9 Å². The van der Waals surface area contributed by atoms with E-state index in [4.69, 9.17) is 11.6 Å². The molecule has 178 valence electrons. The summed E-state index contributed by atoms with van der Waals surface area (Å²) in [5, 5.41) is 4.44. The lowest BCUT2D eigenvalue weighted by Gasteiger charge is -2.44. The van der Waals surface area contributed by atoms with Crippen LogP contribution in [0.2, 0.25) is 0 Å². The first kappa shape index (κ1) is 22.2. The number of aryl methyl sites for hydroxylation is 1. The Bertz CT molecular complexity index is 1570. The predicted molar refractivity (Wildman–Crippen MR) is 139 cm³/mol. The van der Waals surface area contributed by atoms with E-state index >= 15 is 0 Å². The molecule has 0 radical (unpaired) electrons. The standard InChI is InChI=1S/C30H27N5O/c1-19-24-13-14-26-28(30(24,2)16-25(31-3)27(19)36)33-29(35(26)23-17-32-34(4)18-23)22-12-8-11-21(15-22)20-9-6-5-7-10-20/h5-12,15-19,24H,13-14H2,1-2,4H3/t19-,24-,30-/m1/s1. The SMILES string of the molecule is [C-]#[N+]C1=C[C@@]2(C)c3nc(-c4cccc(-c5ccccc5)c4)n(-c4cnn(C)c4)c3CC[C@@H]2[C@@H](C)C1=O. The van der Waals surface area contributed by atoms with Crippen LogP contribution in [0.5, 0.6) is 0 Å². The highest BCUT2D eigenvalue weighted by molar-refractivity contribution is 6.00. The highest BCUT2D eigenvalue weighted by Crippen LogP contribution is 2.51. The van der Waals surface area contributed by atoms with Gasteiger partial charge in [-0.2, -0.15) is 5.10 Å². The van der Waals surface area contributed by atoms with Crippen LogP contribution in [-0.4, -0.2) is 25.1 Å². The van der Waals surface area contributed by atoms with Crippen molar-refractivity contribution < 1.29 is 4.79 Å². The van der Waals surface area contributed by atoms with Crippen LogP contribution in [-0.2, 0) is 23.7 Å². The second-order valence-corrected chi connectivity index (χ2v) is 10.1. The van der Waals surface area contributed by atoms with Gasteiger partial charge < -0.3 is 4.79 Å². The van der Waals surface area contributed by atoms with E-state index < -0.39 is 5.41 Å². The van der Waals surface area contributed by atoms with Crippen molar-refractivity contribution in [2.45, 2.75) is 32.1 Å². The molecule has 6 nitrogen and oxygen atoms in total. The van der Waals surface area contributed by atoms with E-state index in [-0.39, 0.29) is 23.3 Å². The Morgan fingerprint density at radius 1 is 1.08 bits per heavy atom. The Balaban J connectivity index is 1.60. The minimum absolute atomic E-state index is 0.0431. The first-order valence-electron chi connectivity index (χ1n) is 12.3. The molecule has 2 aromatic carbocycles. The third-order valence-electron chi connectivity index (χ3n) is 7.95. The van der Waals surface area contributed by atoms with Crippen molar-refractivity contribution >= 4 is 5.78 Å². The van der Waals surface area contributed by atoms with Crippen molar-refractivity contribution in [1.29, 1.82) is 0 Å². The van der Waals surface area contributed by atoms with Crippen LogP contribution in [0.3, 0.4) is 0 Å². The normalized spacial score (nSPS) is 22.9. The first-order chi connectivity index (χ1) is 17.4. The van der Waals surface area contributed by atoms with Gasteiger partial charge in [-0.15, -0.1) is 0 Å². The molecular weight excluding hydrogens is 446 g/mol. The Kier molecular flexibility index (Phi) is 5.04. The van der Waals surface area contributed by atoms with Gasteiger partial charge in [0.1, 0.15) is 5.82 Å². The van der Waals surface area contributed by atoms with Gasteiger partial charge in [0.05, 0.1) is 24.2 Å². The summed E-state index contributed by atoms with van der Waals surface area (Å²) in [4.78, 5) is 21.7. The quantitative estimate of drug-likeness (QED) is 0.354. The van der Waals surface area contributed by atoms with Gasteiger partial charge >= 0.3 is 0 Å². The molecule has 2 aromatic heterocycles. The summed E-state index contributed by atoms with van der Waals surface area (Å²) in [7, 11) is 1.92. The summed E-state index contributed by atoms with van der Waals surface area (Å²) < 4.78 is 4.03. The van der Waals surface area contributed by atoms with Crippen molar-refractivity contribution in [3.05, 3.63) is 102 Å². The fourth-order valence-electron chi connectivity index (χ4n) is 6.15. The molecule has 0 saturated heterocycles. The Morgan fingerprint density at radius 2 is 1.83 bits per heavy atom. The van der Waals surface area contributed by atoms with E-state index in [0.29, 0.717) is 0 Å². The third-order valence-corrected chi connectivity index (χ3v) is 7.95. The number of rotatable bonds is 3. The summed E-state index contributed by atoms with van der Waals surface area (Å²) in [5.41, 5.74) is 6.10. The maximum absolute atomic E-state index is 12.8. The molecule has 6 rings (SSSR count). The second-order valence-electron chi connectivity index (χ2n) is 10.1. The summed E-state index contributed by atoms with van der Waals surface area (Å²) >= 11 is 0. The molecule has 0 saturated carbocycles. The van der Waals surface area contributed by atoms with Crippen molar-refractivity contribution in [1.82, 2.24) is 19.3 Å². The number of allylic oxidation sites excluding steroid dienone is 2. The molecule has 0 amide bonds. The van der Waals surface area contributed by atoms with Crippen LogP contribution < -0.4 is 0 Å². The molecule has 3 atom stereocenters. The maximum atomic E-state index is 12.8. The molecule has 4 aromatic rings. The van der Waals surface area contributed by atoms with E-state index in [2.05, 4.69) is 57.8 Å². The van der Waals surface area contributed by atoms with Crippen LogP contribution >= 0.6 is 0 Å². The largest absolute Gasteiger partial charge is 0.308 e. The number of hydrogen-bond donors (Lipinski definition) is 0. The monoisotopic (exact) mass is 473 g/mol. The Labute approximate surface area is 210 Å². The van der Waals surface area contributed by atoms with Gasteiger partial charge in [0, 0.05) is 35.8 Å². The van der Waals surface area contributed by atoms with Crippen LogP contribution in [0.1, 0.15) is 31.7 Å². The fraction of sp³-hybridized carbons (Fsp3) is 0.267. The first-order valence-corrected chi connectivity index (χ1v) is 12.3. The number of nitrogens with zero attached hydrogens (tertiary/aromatic N) is 5. The van der Waals surface area contributed by atoms with Gasteiger partial charge in [0.2, 0.25) is 5.70 Å². The molecular formula is C30H27N5O.